The van der Waals surface area contributed by atoms with Gasteiger partial charge in [-0.15, -0.1) is 0 Å². The number of aromatic amines is 1. The van der Waals surface area contributed by atoms with Gasteiger partial charge in [0, 0.05) is 31.9 Å². The SMILES string of the molecule is Cc1[nH]c(C(=O)N2CCN(C(=O)c3ccc(F)cc3Cl)CC2)c(C)c1C(=O)OC(C)C. The van der Waals surface area contributed by atoms with Crippen LogP contribution in [0, 0.1) is 19.7 Å². The first-order valence-corrected chi connectivity index (χ1v) is 10.4. The van der Waals surface area contributed by atoms with Crippen molar-refractivity contribution in [3.05, 3.63) is 57.1 Å². The third-order valence-electron chi connectivity index (χ3n) is 5.21. The molecule has 2 amide bonds. The minimum Gasteiger partial charge on any atom is -0.459 e. The highest BCUT2D eigenvalue weighted by Crippen LogP contribution is 2.23. The molecule has 0 unspecified atom stereocenters. The van der Waals surface area contributed by atoms with Crippen LogP contribution in [-0.4, -0.2) is 64.9 Å². The molecule has 3 rings (SSSR count). The number of aromatic nitrogens is 1. The van der Waals surface area contributed by atoms with Gasteiger partial charge in [0.25, 0.3) is 11.8 Å². The minimum atomic E-state index is -0.509. The lowest BCUT2D eigenvalue weighted by Gasteiger charge is -2.34. The smallest absolute Gasteiger partial charge is 0.340 e. The average Bonchev–Trinajstić information content (AvgIpc) is 3.00. The van der Waals surface area contributed by atoms with Gasteiger partial charge in [-0.1, -0.05) is 11.6 Å². The van der Waals surface area contributed by atoms with Crippen molar-refractivity contribution >= 4 is 29.4 Å². The fraction of sp³-hybridized carbons (Fsp3) is 0.409. The fourth-order valence-electron chi connectivity index (χ4n) is 3.65. The zero-order chi connectivity index (χ0) is 22.9. The largest absolute Gasteiger partial charge is 0.459 e. The molecule has 2 heterocycles. The number of benzene rings is 1. The molecule has 1 N–H and O–H groups in total. The van der Waals surface area contributed by atoms with Crippen molar-refractivity contribution in [2.24, 2.45) is 0 Å². The number of carbonyl (C=O) groups excluding carboxylic acids is 3. The summed E-state index contributed by atoms with van der Waals surface area (Å²) >= 11 is 6.00. The van der Waals surface area contributed by atoms with E-state index >= 15 is 0 Å². The number of nitrogens with one attached hydrogen (secondary N) is 1. The molecule has 1 aromatic heterocycles. The van der Waals surface area contributed by atoms with Gasteiger partial charge in [-0.25, -0.2) is 9.18 Å². The maximum absolute atomic E-state index is 13.2. The summed E-state index contributed by atoms with van der Waals surface area (Å²) in [6.07, 6.45) is -0.263. The van der Waals surface area contributed by atoms with Crippen molar-refractivity contribution in [3.63, 3.8) is 0 Å². The van der Waals surface area contributed by atoms with E-state index in [1.54, 1.807) is 37.5 Å². The summed E-state index contributed by atoms with van der Waals surface area (Å²) in [5.74, 6) is -1.52. The van der Waals surface area contributed by atoms with E-state index in [1.165, 1.54) is 12.1 Å². The zero-order valence-electron chi connectivity index (χ0n) is 17.9. The number of halogens is 2. The third-order valence-corrected chi connectivity index (χ3v) is 5.53. The molecule has 1 aliphatic rings. The number of esters is 1. The second-order valence-corrected chi connectivity index (χ2v) is 8.19. The van der Waals surface area contributed by atoms with Crippen LogP contribution in [-0.2, 0) is 4.74 Å². The molecule has 0 bridgehead atoms. The van der Waals surface area contributed by atoms with E-state index < -0.39 is 11.8 Å². The van der Waals surface area contributed by atoms with Gasteiger partial charge in [-0.2, -0.15) is 0 Å². The molecule has 0 spiro atoms. The summed E-state index contributed by atoms with van der Waals surface area (Å²) in [5.41, 5.74) is 2.06. The van der Waals surface area contributed by atoms with E-state index in [4.69, 9.17) is 16.3 Å². The molecular weight excluding hydrogens is 425 g/mol. The monoisotopic (exact) mass is 449 g/mol. The van der Waals surface area contributed by atoms with Crippen LogP contribution in [0.5, 0.6) is 0 Å². The number of hydrogen-bond donors (Lipinski definition) is 1. The quantitative estimate of drug-likeness (QED) is 0.723. The summed E-state index contributed by atoms with van der Waals surface area (Å²) in [6.45, 7) is 8.26. The average molecular weight is 450 g/mol. The summed E-state index contributed by atoms with van der Waals surface area (Å²) in [6, 6.07) is 3.66. The standard InChI is InChI=1S/C22H25ClFN3O4/c1-12(2)31-22(30)18-13(3)19(25-14(18)4)21(29)27-9-7-26(8-10-27)20(28)16-6-5-15(24)11-17(16)23/h5-6,11-12,25H,7-10H2,1-4H3. The van der Waals surface area contributed by atoms with Crippen LogP contribution in [0.3, 0.4) is 0 Å². The lowest BCUT2D eigenvalue weighted by molar-refractivity contribution is 0.0376. The first-order valence-electron chi connectivity index (χ1n) is 10.0. The number of aryl methyl sites for hydroxylation is 1. The van der Waals surface area contributed by atoms with Crippen molar-refractivity contribution in [2.75, 3.05) is 26.2 Å². The first kappa shape index (κ1) is 22.8. The molecule has 1 aliphatic heterocycles. The number of rotatable bonds is 4. The number of amides is 2. The molecule has 0 saturated carbocycles. The minimum absolute atomic E-state index is 0.0572. The second-order valence-electron chi connectivity index (χ2n) is 7.79. The van der Waals surface area contributed by atoms with E-state index in [2.05, 4.69) is 4.98 Å². The molecule has 7 nitrogen and oxygen atoms in total. The van der Waals surface area contributed by atoms with Gasteiger partial charge in [0.2, 0.25) is 0 Å². The lowest BCUT2D eigenvalue weighted by Crippen LogP contribution is -2.50. The van der Waals surface area contributed by atoms with Crippen LogP contribution in [0.25, 0.3) is 0 Å². The molecule has 31 heavy (non-hydrogen) atoms. The molecule has 2 aromatic rings. The summed E-state index contributed by atoms with van der Waals surface area (Å²) in [7, 11) is 0. The predicted molar refractivity (Wildman–Crippen MR) is 114 cm³/mol. The Morgan fingerprint density at radius 3 is 2.19 bits per heavy atom. The summed E-state index contributed by atoms with van der Waals surface area (Å²) in [4.78, 5) is 44.3. The van der Waals surface area contributed by atoms with Crippen molar-refractivity contribution < 1.29 is 23.5 Å². The summed E-state index contributed by atoms with van der Waals surface area (Å²) < 4.78 is 18.5. The second kappa shape index (κ2) is 9.09. The van der Waals surface area contributed by atoms with E-state index in [0.717, 1.165) is 6.07 Å². The van der Waals surface area contributed by atoms with Crippen LogP contribution in [0.2, 0.25) is 5.02 Å². The molecule has 0 atom stereocenters. The van der Waals surface area contributed by atoms with Gasteiger partial charge in [0.1, 0.15) is 11.5 Å². The van der Waals surface area contributed by atoms with Crippen molar-refractivity contribution in [1.29, 1.82) is 0 Å². The van der Waals surface area contributed by atoms with Crippen molar-refractivity contribution in [1.82, 2.24) is 14.8 Å². The first-order chi connectivity index (χ1) is 14.6. The van der Waals surface area contributed by atoms with Gasteiger partial charge in [-0.05, 0) is 51.5 Å². The molecule has 0 aliphatic carbocycles. The highest BCUT2D eigenvalue weighted by atomic mass is 35.5. The van der Waals surface area contributed by atoms with Crippen LogP contribution in [0.4, 0.5) is 4.39 Å². The molecule has 9 heteroatoms. The Balaban J connectivity index is 1.69. The Bertz CT molecular complexity index is 1030. The highest BCUT2D eigenvalue weighted by molar-refractivity contribution is 6.33. The van der Waals surface area contributed by atoms with Gasteiger partial charge in [-0.3, -0.25) is 9.59 Å². The van der Waals surface area contributed by atoms with Crippen molar-refractivity contribution in [3.8, 4) is 0 Å². The van der Waals surface area contributed by atoms with Gasteiger partial charge in [0.05, 0.1) is 22.3 Å². The Labute approximate surface area is 185 Å². The number of nitrogens with zero attached hydrogens (tertiary/aromatic N) is 2. The molecule has 0 radical (unpaired) electrons. The molecule has 1 fully saturated rings. The predicted octanol–water partition coefficient (Wildman–Crippen LogP) is 3.59. The van der Waals surface area contributed by atoms with Gasteiger partial charge in [0.15, 0.2) is 0 Å². The molecular formula is C22H25ClFN3O4. The van der Waals surface area contributed by atoms with Gasteiger partial charge >= 0.3 is 5.97 Å². The zero-order valence-corrected chi connectivity index (χ0v) is 18.7. The number of piperazine rings is 1. The van der Waals surface area contributed by atoms with E-state index in [0.29, 0.717) is 48.7 Å². The number of hydrogen-bond acceptors (Lipinski definition) is 4. The Kier molecular flexibility index (Phi) is 6.69. The lowest BCUT2D eigenvalue weighted by atomic mass is 10.1. The Morgan fingerprint density at radius 1 is 1.06 bits per heavy atom. The third kappa shape index (κ3) is 4.74. The van der Waals surface area contributed by atoms with Crippen molar-refractivity contribution in [2.45, 2.75) is 33.8 Å². The van der Waals surface area contributed by atoms with Crippen LogP contribution >= 0.6 is 11.6 Å². The van der Waals surface area contributed by atoms with Gasteiger partial charge < -0.3 is 19.5 Å². The maximum Gasteiger partial charge on any atom is 0.340 e. The number of ether oxygens (including phenoxy) is 1. The van der Waals surface area contributed by atoms with E-state index in [9.17, 15) is 18.8 Å². The number of H-pyrrole nitrogens is 1. The highest BCUT2D eigenvalue weighted by Gasteiger charge is 2.30. The maximum atomic E-state index is 13.2. The number of carbonyl (C=O) groups is 3. The Morgan fingerprint density at radius 2 is 1.65 bits per heavy atom. The van der Waals surface area contributed by atoms with Crippen LogP contribution in [0.15, 0.2) is 18.2 Å². The van der Waals surface area contributed by atoms with Crippen LogP contribution in [0.1, 0.15) is 56.3 Å². The molecule has 166 valence electrons. The van der Waals surface area contributed by atoms with E-state index in [-0.39, 0.29) is 28.5 Å². The topological polar surface area (TPSA) is 82.7 Å². The Hall–Kier alpha value is -2.87. The fourth-order valence-corrected chi connectivity index (χ4v) is 3.90. The summed E-state index contributed by atoms with van der Waals surface area (Å²) in [5, 5.41) is 0.0572. The molecule has 1 saturated heterocycles. The van der Waals surface area contributed by atoms with E-state index in [1.807, 2.05) is 0 Å². The van der Waals surface area contributed by atoms with Crippen LogP contribution < -0.4 is 0 Å². The normalized spacial score (nSPS) is 14.2. The molecule has 1 aromatic carbocycles.